The number of halogens is 1. The largest absolute Gasteiger partial charge is 0.332 e. The summed E-state index contributed by atoms with van der Waals surface area (Å²) < 4.78 is 13.7. The lowest BCUT2D eigenvalue weighted by atomic mass is 9.94. The third-order valence-corrected chi connectivity index (χ3v) is 4.82. The Bertz CT molecular complexity index is 550. The van der Waals surface area contributed by atoms with Crippen LogP contribution in [0.25, 0.3) is 0 Å². The maximum atomic E-state index is 13.7. The molecular weight excluding hydrogens is 279 g/mol. The molecule has 0 radical (unpaired) electrons. The van der Waals surface area contributed by atoms with Gasteiger partial charge in [0.25, 0.3) is 5.91 Å². The standard InChI is InChI=1S/C18H23FN2O/c19-17-9-5-4-8-16(17)18(22)21-12-10-20(11-13-21)14-15-6-2-1-3-7-15/h1-2,4-5,8-9,15H,3,6-7,10-14H2/p+1/t15-/m1/s1. The van der Waals surface area contributed by atoms with Gasteiger partial charge in [0.05, 0.1) is 38.3 Å². The SMILES string of the molecule is O=C(c1ccccc1F)N1CC[NH+](C[C@@H]2CC=CCC2)CC1. The Hall–Kier alpha value is -1.68. The van der Waals surface area contributed by atoms with Crippen LogP contribution in [0, 0.1) is 11.7 Å². The number of hydrogen-bond donors (Lipinski definition) is 1. The van der Waals surface area contributed by atoms with Gasteiger partial charge in [-0.25, -0.2) is 4.39 Å². The van der Waals surface area contributed by atoms with Crippen LogP contribution in [0.1, 0.15) is 29.6 Å². The van der Waals surface area contributed by atoms with E-state index in [1.165, 1.54) is 31.9 Å². The summed E-state index contributed by atoms with van der Waals surface area (Å²) in [6.07, 6.45) is 8.26. The van der Waals surface area contributed by atoms with Crippen molar-refractivity contribution in [2.45, 2.75) is 19.3 Å². The Morgan fingerprint density at radius 3 is 2.68 bits per heavy atom. The van der Waals surface area contributed by atoms with Gasteiger partial charge in [-0.1, -0.05) is 24.3 Å². The molecule has 3 nitrogen and oxygen atoms in total. The Morgan fingerprint density at radius 2 is 2.00 bits per heavy atom. The van der Waals surface area contributed by atoms with Crippen LogP contribution in [-0.4, -0.2) is 43.5 Å². The number of nitrogens with zero attached hydrogens (tertiary/aromatic N) is 1. The molecule has 1 N–H and O–H groups in total. The second kappa shape index (κ2) is 7.05. The van der Waals surface area contributed by atoms with Crippen LogP contribution in [0.5, 0.6) is 0 Å². The third-order valence-electron chi connectivity index (χ3n) is 4.82. The number of carbonyl (C=O) groups excluding carboxylic acids is 1. The summed E-state index contributed by atoms with van der Waals surface area (Å²) >= 11 is 0. The molecule has 1 fully saturated rings. The van der Waals surface area contributed by atoms with E-state index in [1.807, 2.05) is 0 Å². The lowest BCUT2D eigenvalue weighted by Crippen LogP contribution is -3.15. The molecule has 1 aliphatic carbocycles. The molecule has 3 rings (SSSR count). The maximum absolute atomic E-state index is 13.7. The van der Waals surface area contributed by atoms with Crippen molar-refractivity contribution >= 4 is 5.91 Å². The number of hydrogen-bond acceptors (Lipinski definition) is 1. The maximum Gasteiger partial charge on any atom is 0.257 e. The van der Waals surface area contributed by atoms with Crippen LogP contribution in [0.2, 0.25) is 0 Å². The average Bonchev–Trinajstić information content (AvgIpc) is 2.56. The summed E-state index contributed by atoms with van der Waals surface area (Å²) in [5, 5.41) is 0. The normalized spacial score (nSPS) is 22.8. The van der Waals surface area contributed by atoms with Crippen molar-refractivity contribution in [1.82, 2.24) is 4.90 Å². The first kappa shape index (κ1) is 15.2. The highest BCUT2D eigenvalue weighted by Crippen LogP contribution is 2.16. The van der Waals surface area contributed by atoms with Crippen LogP contribution >= 0.6 is 0 Å². The molecule has 0 unspecified atom stereocenters. The monoisotopic (exact) mass is 303 g/mol. The molecule has 1 amide bonds. The molecule has 1 aliphatic heterocycles. The van der Waals surface area contributed by atoms with E-state index in [1.54, 1.807) is 28.0 Å². The smallest absolute Gasteiger partial charge is 0.257 e. The molecule has 4 heteroatoms. The number of carbonyl (C=O) groups is 1. The fourth-order valence-corrected chi connectivity index (χ4v) is 3.49. The first-order valence-corrected chi connectivity index (χ1v) is 8.26. The number of piperazine rings is 1. The zero-order valence-corrected chi connectivity index (χ0v) is 12.9. The molecule has 22 heavy (non-hydrogen) atoms. The van der Waals surface area contributed by atoms with E-state index in [4.69, 9.17) is 0 Å². The topological polar surface area (TPSA) is 24.8 Å². The second-order valence-electron chi connectivity index (χ2n) is 6.38. The number of quaternary nitrogens is 1. The molecule has 1 aromatic carbocycles. The minimum absolute atomic E-state index is 0.169. The average molecular weight is 303 g/mol. The number of nitrogens with one attached hydrogen (secondary N) is 1. The highest BCUT2D eigenvalue weighted by Gasteiger charge is 2.27. The summed E-state index contributed by atoms with van der Waals surface area (Å²) in [5.41, 5.74) is 0.198. The summed E-state index contributed by atoms with van der Waals surface area (Å²) in [6, 6.07) is 6.26. The van der Waals surface area contributed by atoms with E-state index in [9.17, 15) is 9.18 Å². The van der Waals surface area contributed by atoms with E-state index >= 15 is 0 Å². The molecule has 0 spiro atoms. The van der Waals surface area contributed by atoms with Gasteiger partial charge < -0.3 is 9.80 Å². The molecule has 1 saturated heterocycles. The predicted octanol–water partition coefficient (Wildman–Crippen LogP) is 1.52. The van der Waals surface area contributed by atoms with Crippen molar-refractivity contribution in [2.75, 3.05) is 32.7 Å². The van der Waals surface area contributed by atoms with Crippen molar-refractivity contribution in [3.63, 3.8) is 0 Å². The van der Waals surface area contributed by atoms with Gasteiger partial charge in [-0.15, -0.1) is 0 Å². The highest BCUT2D eigenvalue weighted by atomic mass is 19.1. The van der Waals surface area contributed by atoms with Gasteiger partial charge >= 0.3 is 0 Å². The fraction of sp³-hybridized carbons (Fsp3) is 0.500. The van der Waals surface area contributed by atoms with E-state index in [0.29, 0.717) is 0 Å². The van der Waals surface area contributed by atoms with Crippen molar-refractivity contribution in [2.24, 2.45) is 5.92 Å². The van der Waals surface area contributed by atoms with E-state index < -0.39 is 5.82 Å². The molecule has 2 aliphatic rings. The quantitative estimate of drug-likeness (QED) is 0.842. The fourth-order valence-electron chi connectivity index (χ4n) is 3.49. The van der Waals surface area contributed by atoms with Crippen LogP contribution in [0.3, 0.4) is 0 Å². The predicted molar refractivity (Wildman–Crippen MR) is 84.3 cm³/mol. The van der Waals surface area contributed by atoms with Crippen LogP contribution in [0.4, 0.5) is 4.39 Å². The highest BCUT2D eigenvalue weighted by molar-refractivity contribution is 5.94. The minimum atomic E-state index is -0.420. The van der Waals surface area contributed by atoms with Crippen molar-refractivity contribution in [1.29, 1.82) is 0 Å². The Labute approximate surface area is 131 Å². The van der Waals surface area contributed by atoms with Gasteiger partial charge in [0.15, 0.2) is 0 Å². The first-order valence-electron chi connectivity index (χ1n) is 8.26. The first-order chi connectivity index (χ1) is 10.7. The van der Waals surface area contributed by atoms with Gasteiger partial charge in [0.2, 0.25) is 0 Å². The van der Waals surface area contributed by atoms with Crippen molar-refractivity contribution < 1.29 is 14.1 Å². The molecule has 0 aromatic heterocycles. The van der Waals surface area contributed by atoms with Gasteiger partial charge in [-0.3, -0.25) is 4.79 Å². The van der Waals surface area contributed by atoms with Crippen molar-refractivity contribution in [3.05, 3.63) is 47.8 Å². The molecule has 118 valence electrons. The van der Waals surface area contributed by atoms with E-state index in [-0.39, 0.29) is 11.5 Å². The number of benzene rings is 1. The Morgan fingerprint density at radius 1 is 1.23 bits per heavy atom. The molecule has 1 aromatic rings. The Balaban J connectivity index is 1.52. The van der Waals surface area contributed by atoms with Gasteiger partial charge in [-0.2, -0.15) is 0 Å². The summed E-state index contributed by atoms with van der Waals surface area (Å²) in [6.45, 7) is 4.60. The zero-order chi connectivity index (χ0) is 15.4. The van der Waals surface area contributed by atoms with Crippen LogP contribution in [0.15, 0.2) is 36.4 Å². The third kappa shape index (κ3) is 3.55. The zero-order valence-electron chi connectivity index (χ0n) is 12.9. The molecule has 0 saturated carbocycles. The number of amides is 1. The van der Waals surface area contributed by atoms with E-state index in [2.05, 4.69) is 12.2 Å². The molecule has 1 atom stereocenters. The summed E-state index contributed by atoms with van der Waals surface area (Å²) in [5.74, 6) is 0.197. The van der Waals surface area contributed by atoms with Crippen LogP contribution in [-0.2, 0) is 0 Å². The lowest BCUT2D eigenvalue weighted by Gasteiger charge is -2.34. The van der Waals surface area contributed by atoms with Gasteiger partial charge in [-0.05, 0) is 31.4 Å². The summed E-state index contributed by atoms with van der Waals surface area (Å²) in [7, 11) is 0. The molecule has 1 heterocycles. The molecular formula is C18H24FN2O+. The molecule has 0 bridgehead atoms. The Kier molecular flexibility index (Phi) is 4.88. The lowest BCUT2D eigenvalue weighted by molar-refractivity contribution is -0.907. The van der Waals surface area contributed by atoms with Crippen molar-refractivity contribution in [3.8, 4) is 0 Å². The minimum Gasteiger partial charge on any atom is -0.332 e. The second-order valence-corrected chi connectivity index (χ2v) is 6.38. The number of rotatable bonds is 3. The van der Waals surface area contributed by atoms with Crippen LogP contribution < -0.4 is 4.90 Å². The van der Waals surface area contributed by atoms with Gasteiger partial charge in [0, 0.05) is 5.92 Å². The number of allylic oxidation sites excluding steroid dienone is 2. The van der Waals surface area contributed by atoms with E-state index in [0.717, 1.165) is 32.1 Å². The summed E-state index contributed by atoms with van der Waals surface area (Å²) in [4.78, 5) is 15.8. The van der Waals surface area contributed by atoms with Gasteiger partial charge in [0.1, 0.15) is 5.82 Å².